The van der Waals surface area contributed by atoms with Crippen molar-refractivity contribution in [2.75, 3.05) is 12.1 Å². The van der Waals surface area contributed by atoms with Gasteiger partial charge in [-0.15, -0.1) is 16.4 Å². The number of thiophene rings is 1. The molecule has 1 aliphatic heterocycles. The molecule has 0 unspecified atom stereocenters. The zero-order valence-electron chi connectivity index (χ0n) is 21.1. The van der Waals surface area contributed by atoms with Crippen LogP contribution in [-0.4, -0.2) is 38.5 Å². The number of aromatic nitrogens is 3. The van der Waals surface area contributed by atoms with Crippen LogP contribution in [0.25, 0.3) is 11.0 Å². The Hall–Kier alpha value is -4.70. The minimum Gasteiger partial charge on any atom is -0.454 e. The number of benzene rings is 3. The number of amides is 2. The van der Waals surface area contributed by atoms with Crippen LogP contribution in [0, 0.1) is 6.92 Å². The van der Waals surface area contributed by atoms with Gasteiger partial charge in [0.05, 0.1) is 5.52 Å². The lowest BCUT2D eigenvalue weighted by Gasteiger charge is -2.31. The molecule has 39 heavy (non-hydrogen) atoms. The van der Waals surface area contributed by atoms with Gasteiger partial charge in [0.15, 0.2) is 11.5 Å². The van der Waals surface area contributed by atoms with Gasteiger partial charge >= 0.3 is 0 Å². The standard InChI is InChI=1S/C29H25N5O4S/c1-19-7-2-3-8-20(19)16-33(27(35)17-34-23-10-5-4-9-22(23)31-32-34)28(26-11-6-14-39-26)29(36)30-21-12-13-24-25(15-21)38-18-37-24/h2-15,28H,16-18H2,1H3,(H,30,36)/t28-/m1/s1. The Bertz CT molecular complexity index is 1650. The predicted octanol–water partition coefficient (Wildman–Crippen LogP) is 4.94. The summed E-state index contributed by atoms with van der Waals surface area (Å²) < 4.78 is 12.4. The van der Waals surface area contributed by atoms with Gasteiger partial charge in [0.1, 0.15) is 18.1 Å². The van der Waals surface area contributed by atoms with Crippen LogP contribution >= 0.6 is 11.3 Å². The lowest BCUT2D eigenvalue weighted by molar-refractivity contribution is -0.140. The van der Waals surface area contributed by atoms with E-state index in [0.717, 1.165) is 21.5 Å². The number of anilines is 1. The summed E-state index contributed by atoms with van der Waals surface area (Å²) in [4.78, 5) is 30.4. The molecule has 0 fully saturated rings. The average Bonchev–Trinajstić information content (AvgIpc) is 3.71. The lowest BCUT2D eigenvalue weighted by atomic mass is 10.1. The Balaban J connectivity index is 1.36. The van der Waals surface area contributed by atoms with E-state index in [1.54, 1.807) is 27.8 Å². The van der Waals surface area contributed by atoms with E-state index >= 15 is 0 Å². The van der Waals surface area contributed by atoms with Crippen molar-refractivity contribution < 1.29 is 19.1 Å². The Morgan fingerprint density at radius 3 is 2.69 bits per heavy atom. The summed E-state index contributed by atoms with van der Waals surface area (Å²) in [5, 5.41) is 13.3. The molecule has 3 heterocycles. The van der Waals surface area contributed by atoms with Crippen molar-refractivity contribution in [2.24, 2.45) is 0 Å². The number of ether oxygens (including phenoxy) is 2. The second kappa shape index (κ2) is 10.6. The molecule has 196 valence electrons. The van der Waals surface area contributed by atoms with Crippen LogP contribution in [0.5, 0.6) is 11.5 Å². The van der Waals surface area contributed by atoms with Crippen LogP contribution in [0.15, 0.2) is 84.2 Å². The van der Waals surface area contributed by atoms with Gasteiger partial charge in [0.2, 0.25) is 12.7 Å². The number of hydrogen-bond acceptors (Lipinski definition) is 7. The molecule has 0 radical (unpaired) electrons. The van der Waals surface area contributed by atoms with E-state index in [1.165, 1.54) is 11.3 Å². The number of aryl methyl sites for hydroxylation is 1. The number of nitrogens with one attached hydrogen (secondary N) is 1. The summed E-state index contributed by atoms with van der Waals surface area (Å²) >= 11 is 1.43. The fourth-order valence-corrected chi connectivity index (χ4v) is 5.44. The second-order valence-electron chi connectivity index (χ2n) is 9.16. The highest BCUT2D eigenvalue weighted by Crippen LogP contribution is 2.35. The summed E-state index contributed by atoms with van der Waals surface area (Å²) in [6.07, 6.45) is 0. The highest BCUT2D eigenvalue weighted by molar-refractivity contribution is 7.10. The maximum Gasteiger partial charge on any atom is 0.252 e. The molecule has 0 bridgehead atoms. The van der Waals surface area contributed by atoms with Gasteiger partial charge in [-0.25, -0.2) is 4.68 Å². The molecule has 0 saturated heterocycles. The van der Waals surface area contributed by atoms with Crippen molar-refractivity contribution in [3.05, 3.63) is 100 Å². The third-order valence-electron chi connectivity index (χ3n) is 6.64. The fraction of sp³-hybridized carbons (Fsp3) is 0.172. The van der Waals surface area contributed by atoms with E-state index in [-0.39, 0.29) is 31.7 Å². The van der Waals surface area contributed by atoms with Crippen molar-refractivity contribution in [2.45, 2.75) is 26.1 Å². The minimum atomic E-state index is -0.877. The van der Waals surface area contributed by atoms with Crippen molar-refractivity contribution in [1.29, 1.82) is 0 Å². The fourth-order valence-electron chi connectivity index (χ4n) is 4.60. The Labute approximate surface area is 228 Å². The first kappa shape index (κ1) is 24.6. The van der Waals surface area contributed by atoms with Crippen LogP contribution in [0.2, 0.25) is 0 Å². The number of carbonyl (C=O) groups excluding carboxylic acids is 2. The van der Waals surface area contributed by atoms with E-state index in [0.29, 0.717) is 22.7 Å². The molecular formula is C29H25N5O4S. The van der Waals surface area contributed by atoms with Crippen LogP contribution in [0.3, 0.4) is 0 Å². The lowest BCUT2D eigenvalue weighted by Crippen LogP contribution is -2.42. The maximum atomic E-state index is 14.0. The van der Waals surface area contributed by atoms with E-state index in [9.17, 15) is 9.59 Å². The average molecular weight is 540 g/mol. The SMILES string of the molecule is Cc1ccccc1CN(C(=O)Cn1nnc2ccccc21)[C@@H](C(=O)Nc1ccc2c(c1)OCO2)c1cccs1. The van der Waals surface area contributed by atoms with Crippen molar-refractivity contribution in [1.82, 2.24) is 19.9 Å². The molecule has 2 amide bonds. The zero-order valence-corrected chi connectivity index (χ0v) is 21.9. The van der Waals surface area contributed by atoms with Gasteiger partial charge in [-0.05, 0) is 53.8 Å². The molecule has 1 N–H and O–H groups in total. The second-order valence-corrected chi connectivity index (χ2v) is 10.1. The molecule has 0 spiro atoms. The molecule has 3 aromatic carbocycles. The number of fused-ring (bicyclic) bond motifs is 2. The topological polar surface area (TPSA) is 98.6 Å². The summed E-state index contributed by atoms with van der Waals surface area (Å²) in [5.41, 5.74) is 3.98. The summed E-state index contributed by atoms with van der Waals surface area (Å²) in [6, 6.07) is 23.4. The Morgan fingerprint density at radius 1 is 1.03 bits per heavy atom. The number of rotatable bonds is 8. The quantitative estimate of drug-likeness (QED) is 0.300. The molecule has 1 atom stereocenters. The molecular weight excluding hydrogens is 514 g/mol. The summed E-state index contributed by atoms with van der Waals surface area (Å²) in [7, 11) is 0. The smallest absolute Gasteiger partial charge is 0.252 e. The summed E-state index contributed by atoms with van der Waals surface area (Å²) in [5.74, 6) is 0.598. The number of nitrogens with zero attached hydrogens (tertiary/aromatic N) is 4. The van der Waals surface area contributed by atoms with Crippen molar-refractivity contribution >= 4 is 39.9 Å². The Morgan fingerprint density at radius 2 is 1.85 bits per heavy atom. The molecule has 2 aromatic heterocycles. The molecule has 0 saturated carbocycles. The van der Waals surface area contributed by atoms with E-state index in [2.05, 4.69) is 15.6 Å². The van der Waals surface area contributed by atoms with Crippen molar-refractivity contribution in [3.63, 3.8) is 0 Å². The van der Waals surface area contributed by atoms with Gasteiger partial charge in [-0.2, -0.15) is 0 Å². The Kier molecular flexibility index (Phi) is 6.68. The summed E-state index contributed by atoms with van der Waals surface area (Å²) in [6.45, 7) is 2.32. The number of hydrogen-bond donors (Lipinski definition) is 1. The van der Waals surface area contributed by atoms with E-state index in [4.69, 9.17) is 9.47 Å². The molecule has 6 rings (SSSR count). The molecule has 1 aliphatic rings. The monoisotopic (exact) mass is 539 g/mol. The van der Waals surface area contributed by atoms with Crippen LogP contribution < -0.4 is 14.8 Å². The normalized spacial score (nSPS) is 12.8. The van der Waals surface area contributed by atoms with Gasteiger partial charge in [-0.3, -0.25) is 9.59 Å². The number of para-hydroxylation sites is 1. The molecule has 10 heteroatoms. The van der Waals surface area contributed by atoms with E-state index < -0.39 is 6.04 Å². The molecule has 0 aliphatic carbocycles. The molecule has 9 nitrogen and oxygen atoms in total. The highest BCUT2D eigenvalue weighted by atomic mass is 32.1. The predicted molar refractivity (Wildman–Crippen MR) is 148 cm³/mol. The van der Waals surface area contributed by atoms with Crippen LogP contribution in [0.1, 0.15) is 22.0 Å². The first-order chi connectivity index (χ1) is 19.1. The third kappa shape index (κ3) is 5.06. The maximum absolute atomic E-state index is 14.0. The van der Waals surface area contributed by atoms with Gasteiger partial charge in [0, 0.05) is 23.2 Å². The van der Waals surface area contributed by atoms with Crippen LogP contribution in [-0.2, 0) is 22.7 Å². The first-order valence-electron chi connectivity index (χ1n) is 12.4. The van der Waals surface area contributed by atoms with Crippen molar-refractivity contribution in [3.8, 4) is 11.5 Å². The van der Waals surface area contributed by atoms with E-state index in [1.807, 2.05) is 73.0 Å². The minimum absolute atomic E-state index is 0.0639. The third-order valence-corrected chi connectivity index (χ3v) is 7.57. The molecule has 5 aromatic rings. The number of carbonyl (C=O) groups is 2. The van der Waals surface area contributed by atoms with Crippen LogP contribution in [0.4, 0.5) is 5.69 Å². The zero-order chi connectivity index (χ0) is 26.8. The highest BCUT2D eigenvalue weighted by Gasteiger charge is 2.33. The van der Waals surface area contributed by atoms with Gasteiger partial charge in [0.25, 0.3) is 5.91 Å². The van der Waals surface area contributed by atoms with Gasteiger partial charge < -0.3 is 19.7 Å². The first-order valence-corrected chi connectivity index (χ1v) is 13.3. The largest absolute Gasteiger partial charge is 0.454 e. The van der Waals surface area contributed by atoms with Gasteiger partial charge in [-0.1, -0.05) is 47.7 Å².